The molecule has 0 aliphatic rings. The molecule has 2 aromatic rings. The van der Waals surface area contributed by atoms with Crippen molar-refractivity contribution in [1.82, 2.24) is 19.7 Å². The Kier molecular flexibility index (Phi) is 3.55. The molecular weight excluding hydrogens is 257 g/mol. The number of alkyl halides is 3. The van der Waals surface area contributed by atoms with Crippen LogP contribution in [0.2, 0.25) is 0 Å². The van der Waals surface area contributed by atoms with Crippen molar-refractivity contribution in [3.8, 4) is 11.4 Å². The van der Waals surface area contributed by atoms with E-state index in [-0.39, 0.29) is 5.92 Å². The summed E-state index contributed by atoms with van der Waals surface area (Å²) in [5.41, 5.74) is 1.65. The van der Waals surface area contributed by atoms with Crippen LogP contribution < -0.4 is 0 Å². The summed E-state index contributed by atoms with van der Waals surface area (Å²) in [5, 5.41) is 3.86. The molecule has 0 N–H and O–H groups in total. The Morgan fingerprint density at radius 2 is 1.95 bits per heavy atom. The maximum absolute atomic E-state index is 12.2. The third kappa shape index (κ3) is 3.52. The molecule has 4 nitrogen and oxygen atoms in total. The lowest BCUT2D eigenvalue weighted by Crippen LogP contribution is -2.17. The molecule has 0 saturated heterocycles. The Bertz CT molecular complexity index is 560. The third-order valence-electron chi connectivity index (χ3n) is 2.49. The van der Waals surface area contributed by atoms with Crippen LogP contribution >= 0.6 is 0 Å². The minimum atomic E-state index is -4.28. The Morgan fingerprint density at radius 1 is 1.21 bits per heavy atom. The Labute approximate surface area is 108 Å². The zero-order valence-corrected chi connectivity index (χ0v) is 10.5. The van der Waals surface area contributed by atoms with Gasteiger partial charge in [0.25, 0.3) is 0 Å². The fraction of sp³-hybridized carbons (Fsp3) is 0.417. The van der Waals surface area contributed by atoms with E-state index < -0.39 is 12.7 Å². The largest absolute Gasteiger partial charge is 0.408 e. The second kappa shape index (κ2) is 4.99. The monoisotopic (exact) mass is 270 g/mol. The molecule has 0 saturated carbocycles. The molecule has 102 valence electrons. The molecule has 0 unspecified atom stereocenters. The van der Waals surface area contributed by atoms with Gasteiger partial charge in [-0.1, -0.05) is 13.8 Å². The zero-order valence-electron chi connectivity index (χ0n) is 10.5. The lowest BCUT2D eigenvalue weighted by Gasteiger charge is -2.06. The van der Waals surface area contributed by atoms with Crippen LogP contribution in [0.5, 0.6) is 0 Å². The van der Waals surface area contributed by atoms with Crippen molar-refractivity contribution in [3.63, 3.8) is 0 Å². The van der Waals surface area contributed by atoms with Crippen LogP contribution in [0.3, 0.4) is 0 Å². The molecule has 7 heteroatoms. The van der Waals surface area contributed by atoms with Gasteiger partial charge in [-0.25, -0.2) is 4.98 Å². The average molecular weight is 270 g/mol. The summed E-state index contributed by atoms with van der Waals surface area (Å²) in [7, 11) is 0. The van der Waals surface area contributed by atoms with Gasteiger partial charge in [0.05, 0.1) is 11.9 Å². The SMILES string of the molecule is CC(C)c1cncc(-c2ccn(CC(F)(F)F)n2)n1. The third-order valence-corrected chi connectivity index (χ3v) is 2.49. The van der Waals surface area contributed by atoms with Gasteiger partial charge in [0.1, 0.15) is 17.9 Å². The van der Waals surface area contributed by atoms with Crippen molar-refractivity contribution in [2.75, 3.05) is 0 Å². The van der Waals surface area contributed by atoms with E-state index in [1.807, 2.05) is 13.8 Å². The highest BCUT2D eigenvalue weighted by atomic mass is 19.4. The first-order valence-corrected chi connectivity index (χ1v) is 5.77. The van der Waals surface area contributed by atoms with E-state index >= 15 is 0 Å². The number of nitrogens with zero attached hydrogens (tertiary/aromatic N) is 4. The molecule has 2 rings (SSSR count). The van der Waals surface area contributed by atoms with Gasteiger partial charge in [-0.2, -0.15) is 18.3 Å². The summed E-state index contributed by atoms with van der Waals surface area (Å²) in [6.45, 7) is 2.83. The molecule has 0 spiro atoms. The Hall–Kier alpha value is -1.92. The van der Waals surface area contributed by atoms with E-state index in [0.29, 0.717) is 11.4 Å². The van der Waals surface area contributed by atoms with E-state index in [2.05, 4.69) is 15.1 Å². The van der Waals surface area contributed by atoms with Crippen LogP contribution in [0, 0.1) is 0 Å². The molecule has 0 aliphatic carbocycles. The topological polar surface area (TPSA) is 43.6 Å². The highest BCUT2D eigenvalue weighted by molar-refractivity contribution is 5.51. The first-order valence-electron chi connectivity index (χ1n) is 5.77. The number of hydrogen-bond acceptors (Lipinski definition) is 3. The van der Waals surface area contributed by atoms with Crippen LogP contribution in [-0.4, -0.2) is 25.9 Å². The van der Waals surface area contributed by atoms with Crippen molar-refractivity contribution < 1.29 is 13.2 Å². The lowest BCUT2D eigenvalue weighted by atomic mass is 10.1. The van der Waals surface area contributed by atoms with Gasteiger partial charge in [-0.05, 0) is 12.0 Å². The fourth-order valence-electron chi connectivity index (χ4n) is 1.55. The van der Waals surface area contributed by atoms with Gasteiger partial charge in [-0.15, -0.1) is 0 Å². The van der Waals surface area contributed by atoms with Gasteiger partial charge in [-0.3, -0.25) is 9.67 Å². The second-order valence-corrected chi connectivity index (χ2v) is 4.50. The van der Waals surface area contributed by atoms with Crippen LogP contribution in [-0.2, 0) is 6.54 Å². The maximum Gasteiger partial charge on any atom is 0.408 e. The molecule has 2 heterocycles. The van der Waals surface area contributed by atoms with Crippen LogP contribution in [0.4, 0.5) is 13.2 Å². The van der Waals surface area contributed by atoms with Crippen LogP contribution in [0.15, 0.2) is 24.7 Å². The van der Waals surface area contributed by atoms with Gasteiger partial charge in [0.15, 0.2) is 0 Å². The number of halogens is 3. The molecule has 0 atom stereocenters. The summed E-state index contributed by atoms with van der Waals surface area (Å²) >= 11 is 0. The summed E-state index contributed by atoms with van der Waals surface area (Å²) in [4.78, 5) is 8.36. The van der Waals surface area contributed by atoms with E-state index in [0.717, 1.165) is 10.4 Å². The van der Waals surface area contributed by atoms with Gasteiger partial charge >= 0.3 is 6.18 Å². The predicted octanol–water partition coefficient (Wildman–Crippen LogP) is 3.03. The molecule has 0 amide bonds. The quantitative estimate of drug-likeness (QED) is 0.861. The predicted molar refractivity (Wildman–Crippen MR) is 63.4 cm³/mol. The molecule has 0 radical (unpaired) electrons. The summed E-state index contributed by atoms with van der Waals surface area (Å²) < 4.78 is 37.5. The summed E-state index contributed by atoms with van der Waals surface area (Å²) in [6, 6.07) is 1.50. The second-order valence-electron chi connectivity index (χ2n) is 4.50. The normalized spacial score (nSPS) is 12.1. The van der Waals surface area contributed by atoms with Crippen molar-refractivity contribution in [2.45, 2.75) is 32.5 Å². The molecule has 2 aromatic heterocycles. The molecule has 0 fully saturated rings. The maximum atomic E-state index is 12.2. The van der Waals surface area contributed by atoms with E-state index in [1.165, 1.54) is 18.5 Å². The van der Waals surface area contributed by atoms with E-state index in [9.17, 15) is 13.2 Å². The van der Waals surface area contributed by atoms with E-state index in [4.69, 9.17) is 0 Å². The summed E-state index contributed by atoms with van der Waals surface area (Å²) in [6.07, 6.45) is 0.133. The molecule has 0 bridgehead atoms. The minimum absolute atomic E-state index is 0.199. The number of rotatable bonds is 3. The Balaban J connectivity index is 2.25. The van der Waals surface area contributed by atoms with Gasteiger partial charge < -0.3 is 0 Å². The first-order chi connectivity index (χ1) is 8.85. The van der Waals surface area contributed by atoms with Crippen molar-refractivity contribution in [2.24, 2.45) is 0 Å². The van der Waals surface area contributed by atoms with Crippen molar-refractivity contribution in [3.05, 3.63) is 30.4 Å². The highest BCUT2D eigenvalue weighted by Crippen LogP contribution is 2.20. The number of hydrogen-bond donors (Lipinski definition) is 0. The van der Waals surface area contributed by atoms with E-state index in [1.54, 1.807) is 6.20 Å². The lowest BCUT2D eigenvalue weighted by molar-refractivity contribution is -0.142. The molecule has 19 heavy (non-hydrogen) atoms. The van der Waals surface area contributed by atoms with Gasteiger partial charge in [0.2, 0.25) is 0 Å². The molecule has 0 aliphatic heterocycles. The first kappa shape index (κ1) is 13.5. The standard InChI is InChI=1S/C12H13F3N4/c1-8(2)10-5-16-6-11(17-10)9-3-4-19(18-9)7-12(13,14)15/h3-6,8H,7H2,1-2H3. The zero-order chi connectivity index (χ0) is 14.0. The summed E-state index contributed by atoms with van der Waals surface area (Å²) in [5.74, 6) is 0.199. The van der Waals surface area contributed by atoms with Gasteiger partial charge in [0, 0.05) is 12.4 Å². The smallest absolute Gasteiger partial charge is 0.263 e. The van der Waals surface area contributed by atoms with Crippen molar-refractivity contribution in [1.29, 1.82) is 0 Å². The van der Waals surface area contributed by atoms with Crippen LogP contribution in [0.1, 0.15) is 25.5 Å². The average Bonchev–Trinajstić information content (AvgIpc) is 2.75. The fourth-order valence-corrected chi connectivity index (χ4v) is 1.55. The molecular formula is C12H13F3N4. The molecule has 0 aromatic carbocycles. The van der Waals surface area contributed by atoms with Crippen molar-refractivity contribution >= 4 is 0 Å². The Morgan fingerprint density at radius 3 is 2.58 bits per heavy atom. The minimum Gasteiger partial charge on any atom is -0.263 e. The van der Waals surface area contributed by atoms with Crippen LogP contribution in [0.25, 0.3) is 11.4 Å². The number of aromatic nitrogens is 4. The highest BCUT2D eigenvalue weighted by Gasteiger charge is 2.28.